The van der Waals surface area contributed by atoms with Crippen LogP contribution in [0.15, 0.2) is 0 Å². The van der Waals surface area contributed by atoms with Crippen molar-refractivity contribution in [1.82, 2.24) is 0 Å². The molecule has 0 aliphatic carbocycles. The highest BCUT2D eigenvalue weighted by Crippen LogP contribution is 2.45. The number of unbranched alkanes of at least 4 members (excludes halogenated alkanes) is 38. The zero-order chi connectivity index (χ0) is 70.3. The second kappa shape index (κ2) is 65.4. The Morgan fingerprint density at radius 3 is 0.747 bits per heavy atom. The molecule has 0 saturated carbocycles. The van der Waals surface area contributed by atoms with E-state index in [1.54, 1.807) is 0 Å². The molecule has 0 aromatic carbocycles. The van der Waals surface area contributed by atoms with Gasteiger partial charge in [0.05, 0.1) is 26.4 Å². The molecule has 0 radical (unpaired) electrons. The van der Waals surface area contributed by atoms with Gasteiger partial charge in [0.1, 0.15) is 19.3 Å². The van der Waals surface area contributed by atoms with Gasteiger partial charge in [0.25, 0.3) is 0 Å². The number of phosphoric acid groups is 2. The first-order valence-electron chi connectivity index (χ1n) is 39.2. The zero-order valence-electron chi connectivity index (χ0n) is 62.3. The van der Waals surface area contributed by atoms with Crippen LogP contribution in [0.3, 0.4) is 0 Å². The first-order chi connectivity index (χ1) is 45.6. The number of aliphatic hydroxyl groups excluding tert-OH is 1. The van der Waals surface area contributed by atoms with Gasteiger partial charge in [-0.2, -0.15) is 0 Å². The van der Waals surface area contributed by atoms with Crippen LogP contribution in [0.25, 0.3) is 0 Å². The van der Waals surface area contributed by atoms with Gasteiger partial charge in [-0.3, -0.25) is 37.3 Å². The van der Waals surface area contributed by atoms with Crippen LogP contribution in [0.2, 0.25) is 0 Å². The molecule has 0 aliphatic rings. The summed E-state index contributed by atoms with van der Waals surface area (Å²) < 4.78 is 68.5. The second-order valence-corrected chi connectivity index (χ2v) is 32.0. The van der Waals surface area contributed by atoms with Crippen LogP contribution in [-0.2, 0) is 65.4 Å². The molecule has 17 nitrogen and oxygen atoms in total. The number of rotatable bonds is 73. The number of hydrogen-bond donors (Lipinski definition) is 3. The maximum absolute atomic E-state index is 13.1. The smallest absolute Gasteiger partial charge is 0.462 e. The Labute approximate surface area is 581 Å². The number of carbonyl (C=O) groups excluding carboxylic acids is 4. The second-order valence-electron chi connectivity index (χ2n) is 29.1. The van der Waals surface area contributed by atoms with E-state index in [1.807, 2.05) is 0 Å². The quantitative estimate of drug-likeness (QED) is 0.0222. The lowest BCUT2D eigenvalue weighted by Gasteiger charge is -2.21. The fourth-order valence-corrected chi connectivity index (χ4v) is 13.1. The molecule has 95 heavy (non-hydrogen) atoms. The van der Waals surface area contributed by atoms with Gasteiger partial charge in [-0.05, 0) is 49.4 Å². The van der Waals surface area contributed by atoms with Crippen LogP contribution in [0.5, 0.6) is 0 Å². The third kappa shape index (κ3) is 69.0. The standard InChI is InChI=1S/C76H148O17P2/c1-9-69(8)55-47-39-31-25-27-35-43-51-59-76(81)93-72(63-87-74(79)57-49-41-33-26-24-30-38-46-54-68(6)7)65-91-95(84,85)89-61-70(77)60-88-94(82,83)90-64-71(62-86-73(78)56-48-40-32-22-19-18-21-29-37-45-53-67(4)5)92-75(80)58-50-42-34-23-17-15-13-11-10-12-14-16-20-28-36-44-52-66(2)3/h66-72,77H,9-65H2,1-8H3,(H,82,83)(H,84,85)/t69?,70?,71-,72-/m1/s1. The lowest BCUT2D eigenvalue weighted by molar-refractivity contribution is -0.161. The highest BCUT2D eigenvalue weighted by Gasteiger charge is 2.30. The van der Waals surface area contributed by atoms with Gasteiger partial charge in [0.15, 0.2) is 12.2 Å². The van der Waals surface area contributed by atoms with Crippen molar-refractivity contribution >= 4 is 39.5 Å². The Morgan fingerprint density at radius 1 is 0.295 bits per heavy atom. The van der Waals surface area contributed by atoms with E-state index in [4.69, 9.17) is 37.0 Å². The number of esters is 4. The Hall–Kier alpha value is -1.94. The molecule has 6 atom stereocenters. The lowest BCUT2D eigenvalue weighted by atomic mass is 9.99. The molecule has 0 spiro atoms. The monoisotopic (exact) mass is 1400 g/mol. The highest BCUT2D eigenvalue weighted by atomic mass is 31.2. The molecule has 3 N–H and O–H groups in total. The average molecular weight is 1400 g/mol. The first-order valence-corrected chi connectivity index (χ1v) is 42.2. The molecule has 19 heteroatoms. The summed E-state index contributed by atoms with van der Waals surface area (Å²) in [7, 11) is -9.91. The van der Waals surface area contributed by atoms with Crippen LogP contribution in [0.1, 0.15) is 383 Å². The summed E-state index contributed by atoms with van der Waals surface area (Å²) in [6.45, 7) is 14.2. The van der Waals surface area contributed by atoms with Crippen molar-refractivity contribution in [2.45, 2.75) is 401 Å². The lowest BCUT2D eigenvalue weighted by Crippen LogP contribution is -2.30. The SMILES string of the molecule is CCC(C)CCCCCCCCCCC(=O)O[C@H](COC(=O)CCCCCCCCCCC(C)C)COP(=O)(O)OCC(O)COP(=O)(O)OC[C@@H](COC(=O)CCCCCCCCCCCCC(C)C)OC(=O)CCCCCCCCCCCCCCCCCCC(C)C. The van der Waals surface area contributed by atoms with Crippen LogP contribution >= 0.6 is 15.6 Å². The normalized spacial score (nSPS) is 14.4. The van der Waals surface area contributed by atoms with Gasteiger partial charge in [-0.15, -0.1) is 0 Å². The average Bonchev–Trinajstić information content (AvgIpc) is 1.50. The van der Waals surface area contributed by atoms with E-state index in [-0.39, 0.29) is 25.7 Å². The molecule has 0 aliphatic heterocycles. The van der Waals surface area contributed by atoms with Gasteiger partial charge in [-0.25, -0.2) is 9.13 Å². The summed E-state index contributed by atoms with van der Waals surface area (Å²) in [6.07, 6.45) is 50.0. The van der Waals surface area contributed by atoms with Crippen LogP contribution in [0, 0.1) is 23.7 Å². The maximum Gasteiger partial charge on any atom is 0.472 e. The van der Waals surface area contributed by atoms with Gasteiger partial charge < -0.3 is 33.8 Å². The molecule has 0 rings (SSSR count). The molecular weight excluding hydrogens is 1250 g/mol. The first kappa shape index (κ1) is 93.1. The predicted octanol–water partition coefficient (Wildman–Crippen LogP) is 22.0. The molecular formula is C76H148O17P2. The van der Waals surface area contributed by atoms with Gasteiger partial charge >= 0.3 is 39.5 Å². The molecule has 0 aromatic heterocycles. The van der Waals surface area contributed by atoms with Crippen molar-refractivity contribution < 1.29 is 80.2 Å². The minimum Gasteiger partial charge on any atom is -0.462 e. The molecule has 4 unspecified atom stereocenters. The fourth-order valence-electron chi connectivity index (χ4n) is 11.5. The molecule has 0 heterocycles. The summed E-state index contributed by atoms with van der Waals surface area (Å²) in [6, 6.07) is 0. The number of ether oxygens (including phenoxy) is 4. The zero-order valence-corrected chi connectivity index (χ0v) is 64.1. The van der Waals surface area contributed by atoms with Crippen molar-refractivity contribution in [3.05, 3.63) is 0 Å². The van der Waals surface area contributed by atoms with Crippen LogP contribution in [-0.4, -0.2) is 96.7 Å². The van der Waals surface area contributed by atoms with Crippen molar-refractivity contribution in [2.75, 3.05) is 39.6 Å². The molecule has 0 amide bonds. The molecule has 0 bridgehead atoms. The Kier molecular flexibility index (Phi) is 64.0. The minimum atomic E-state index is -4.96. The summed E-state index contributed by atoms with van der Waals surface area (Å²) in [5, 5.41) is 10.6. The highest BCUT2D eigenvalue weighted by molar-refractivity contribution is 7.47. The fraction of sp³-hybridized carbons (Fsp3) is 0.947. The van der Waals surface area contributed by atoms with E-state index < -0.39 is 97.5 Å². The maximum atomic E-state index is 13.1. The van der Waals surface area contributed by atoms with Gasteiger partial charge in [-0.1, -0.05) is 331 Å². The number of aliphatic hydroxyl groups is 1. The molecule has 564 valence electrons. The van der Waals surface area contributed by atoms with Crippen molar-refractivity contribution in [1.29, 1.82) is 0 Å². The van der Waals surface area contributed by atoms with E-state index in [9.17, 15) is 43.2 Å². The van der Waals surface area contributed by atoms with Crippen LogP contribution < -0.4 is 0 Å². The summed E-state index contributed by atoms with van der Waals surface area (Å²) in [5.74, 6) is 0.941. The minimum absolute atomic E-state index is 0.104. The largest absolute Gasteiger partial charge is 0.472 e. The summed E-state index contributed by atoms with van der Waals surface area (Å²) >= 11 is 0. The third-order valence-electron chi connectivity index (χ3n) is 17.9. The number of carbonyl (C=O) groups is 4. The van der Waals surface area contributed by atoms with Gasteiger partial charge in [0.2, 0.25) is 0 Å². The van der Waals surface area contributed by atoms with E-state index in [0.717, 1.165) is 114 Å². The van der Waals surface area contributed by atoms with Crippen molar-refractivity contribution in [3.8, 4) is 0 Å². The Morgan fingerprint density at radius 2 is 0.505 bits per heavy atom. The van der Waals surface area contributed by atoms with E-state index in [1.165, 1.54) is 186 Å². The van der Waals surface area contributed by atoms with E-state index in [0.29, 0.717) is 25.7 Å². The van der Waals surface area contributed by atoms with Crippen molar-refractivity contribution in [2.24, 2.45) is 23.7 Å². The Bertz CT molecular complexity index is 1870. The molecule has 0 aromatic rings. The molecule has 0 saturated heterocycles. The predicted molar refractivity (Wildman–Crippen MR) is 386 cm³/mol. The summed E-state index contributed by atoms with van der Waals surface area (Å²) in [5.41, 5.74) is 0. The molecule has 0 fully saturated rings. The van der Waals surface area contributed by atoms with Crippen molar-refractivity contribution in [3.63, 3.8) is 0 Å². The summed E-state index contributed by atoms with van der Waals surface area (Å²) in [4.78, 5) is 72.8. The third-order valence-corrected chi connectivity index (χ3v) is 19.8. The number of hydrogen-bond acceptors (Lipinski definition) is 15. The van der Waals surface area contributed by atoms with E-state index >= 15 is 0 Å². The topological polar surface area (TPSA) is 237 Å². The van der Waals surface area contributed by atoms with E-state index in [2.05, 4.69) is 55.4 Å². The van der Waals surface area contributed by atoms with Crippen LogP contribution in [0.4, 0.5) is 0 Å². The number of phosphoric ester groups is 2. The van der Waals surface area contributed by atoms with Gasteiger partial charge in [0, 0.05) is 25.7 Å². The Balaban J connectivity index is 5.24.